The highest BCUT2D eigenvalue weighted by molar-refractivity contribution is 7.89. The van der Waals surface area contributed by atoms with Gasteiger partial charge in [0.05, 0.1) is 17.2 Å². The van der Waals surface area contributed by atoms with Crippen molar-refractivity contribution in [2.24, 2.45) is 0 Å². The molecular weight excluding hydrogens is 498 g/mol. The Morgan fingerprint density at radius 1 is 0.861 bits per heavy atom. The molecule has 1 fully saturated rings. The number of amides is 1. The Morgan fingerprint density at radius 2 is 1.56 bits per heavy atom. The molecule has 4 aromatic rings. The van der Waals surface area contributed by atoms with Gasteiger partial charge in [-0.15, -0.1) is 0 Å². The SMILES string of the molecule is O=C(c1ccc(-c2ccnc(CO)c2)cc1)N1CCN(S(=O)(=O)c2ccc3cc(Cl)ccc3c2)CC1. The molecule has 0 saturated carbocycles. The Bertz CT molecular complexity index is 1530. The maximum absolute atomic E-state index is 13.2. The number of piperazine rings is 1. The van der Waals surface area contributed by atoms with E-state index < -0.39 is 10.0 Å². The molecule has 1 aromatic heterocycles. The predicted octanol–water partition coefficient (Wildman–Crippen LogP) is 4.19. The summed E-state index contributed by atoms with van der Waals surface area (Å²) in [6.45, 7) is 0.944. The second kappa shape index (κ2) is 9.99. The summed E-state index contributed by atoms with van der Waals surface area (Å²) >= 11 is 6.03. The fourth-order valence-corrected chi connectivity index (χ4v) is 6.01. The number of hydrogen-bond acceptors (Lipinski definition) is 5. The molecule has 1 amide bonds. The number of sulfonamides is 1. The van der Waals surface area contributed by atoms with Gasteiger partial charge in [-0.05, 0) is 70.4 Å². The van der Waals surface area contributed by atoms with Crippen molar-refractivity contribution in [1.29, 1.82) is 0 Å². The highest BCUT2D eigenvalue weighted by Crippen LogP contribution is 2.26. The van der Waals surface area contributed by atoms with E-state index in [9.17, 15) is 18.3 Å². The van der Waals surface area contributed by atoms with E-state index in [1.165, 1.54) is 4.31 Å². The van der Waals surface area contributed by atoms with Crippen molar-refractivity contribution in [3.8, 4) is 11.1 Å². The number of aromatic nitrogens is 1. The Labute approximate surface area is 214 Å². The summed E-state index contributed by atoms with van der Waals surface area (Å²) in [7, 11) is -3.68. The van der Waals surface area contributed by atoms with Crippen LogP contribution >= 0.6 is 11.6 Å². The molecule has 0 spiro atoms. The summed E-state index contributed by atoms with van der Waals surface area (Å²) in [5.74, 6) is -0.132. The van der Waals surface area contributed by atoms with Gasteiger partial charge in [0, 0.05) is 43.0 Å². The molecule has 7 nitrogen and oxygen atoms in total. The summed E-state index contributed by atoms with van der Waals surface area (Å²) in [5, 5.41) is 11.6. The van der Waals surface area contributed by atoms with Crippen LogP contribution in [0.3, 0.4) is 0 Å². The normalized spacial score (nSPS) is 14.8. The van der Waals surface area contributed by atoms with Crippen molar-refractivity contribution in [3.05, 3.63) is 95.3 Å². The first kappa shape index (κ1) is 24.4. The number of carbonyl (C=O) groups excluding carboxylic acids is 1. The van der Waals surface area contributed by atoms with Crippen molar-refractivity contribution < 1.29 is 18.3 Å². The van der Waals surface area contributed by atoms with E-state index in [0.717, 1.165) is 21.9 Å². The first-order valence-electron chi connectivity index (χ1n) is 11.5. The molecule has 1 aliphatic rings. The number of hydrogen-bond donors (Lipinski definition) is 1. The molecule has 2 heterocycles. The topological polar surface area (TPSA) is 90.8 Å². The Hall–Kier alpha value is -3.30. The van der Waals surface area contributed by atoms with E-state index in [-0.39, 0.29) is 30.5 Å². The lowest BCUT2D eigenvalue weighted by Crippen LogP contribution is -2.50. The fraction of sp³-hybridized carbons (Fsp3) is 0.185. The van der Waals surface area contributed by atoms with Gasteiger partial charge >= 0.3 is 0 Å². The van der Waals surface area contributed by atoms with Gasteiger partial charge in [0.15, 0.2) is 0 Å². The summed E-state index contributed by atoms with van der Waals surface area (Å²) in [6.07, 6.45) is 1.64. The highest BCUT2D eigenvalue weighted by Gasteiger charge is 2.30. The number of rotatable bonds is 5. The highest BCUT2D eigenvalue weighted by atomic mass is 35.5. The third kappa shape index (κ3) is 4.85. The van der Waals surface area contributed by atoms with E-state index in [0.29, 0.717) is 29.4 Å². The molecule has 1 N–H and O–H groups in total. The van der Waals surface area contributed by atoms with E-state index in [1.807, 2.05) is 18.2 Å². The lowest BCUT2D eigenvalue weighted by molar-refractivity contribution is 0.0698. The second-order valence-corrected chi connectivity index (χ2v) is 11.0. The molecule has 1 aliphatic heterocycles. The molecule has 3 aromatic carbocycles. The predicted molar refractivity (Wildman–Crippen MR) is 139 cm³/mol. The Balaban J connectivity index is 1.26. The summed E-state index contributed by atoms with van der Waals surface area (Å²) in [5.41, 5.74) is 2.94. The monoisotopic (exact) mass is 521 g/mol. The average Bonchev–Trinajstić information content (AvgIpc) is 2.92. The van der Waals surface area contributed by atoms with Gasteiger partial charge in [-0.25, -0.2) is 8.42 Å². The van der Waals surface area contributed by atoms with Crippen molar-refractivity contribution in [2.45, 2.75) is 11.5 Å². The largest absolute Gasteiger partial charge is 0.390 e. The van der Waals surface area contributed by atoms with E-state index in [4.69, 9.17) is 11.6 Å². The van der Waals surface area contributed by atoms with Gasteiger partial charge < -0.3 is 10.0 Å². The number of fused-ring (bicyclic) bond motifs is 1. The van der Waals surface area contributed by atoms with Crippen LogP contribution in [-0.2, 0) is 16.6 Å². The number of benzene rings is 3. The summed E-state index contributed by atoms with van der Waals surface area (Å²) < 4.78 is 27.9. The minimum Gasteiger partial charge on any atom is -0.390 e. The number of pyridine rings is 1. The zero-order chi connectivity index (χ0) is 25.3. The van der Waals surface area contributed by atoms with Gasteiger partial charge in [0.25, 0.3) is 5.91 Å². The van der Waals surface area contributed by atoms with Gasteiger partial charge in [0.2, 0.25) is 10.0 Å². The molecule has 0 unspecified atom stereocenters. The van der Waals surface area contributed by atoms with E-state index in [1.54, 1.807) is 65.7 Å². The van der Waals surface area contributed by atoms with Crippen molar-refractivity contribution in [1.82, 2.24) is 14.2 Å². The van der Waals surface area contributed by atoms with Crippen LogP contribution in [0.1, 0.15) is 16.1 Å². The fourth-order valence-electron chi connectivity index (χ4n) is 4.37. The minimum absolute atomic E-state index is 0.132. The van der Waals surface area contributed by atoms with Crippen molar-refractivity contribution >= 4 is 38.3 Å². The van der Waals surface area contributed by atoms with Crippen LogP contribution in [0.5, 0.6) is 0 Å². The van der Waals surface area contributed by atoms with Crippen LogP contribution in [0.25, 0.3) is 21.9 Å². The first-order valence-corrected chi connectivity index (χ1v) is 13.3. The molecule has 0 radical (unpaired) electrons. The van der Waals surface area contributed by atoms with Crippen molar-refractivity contribution in [3.63, 3.8) is 0 Å². The van der Waals surface area contributed by atoms with E-state index >= 15 is 0 Å². The van der Waals surface area contributed by atoms with Crippen LogP contribution in [-0.4, -0.2) is 59.8 Å². The number of aliphatic hydroxyl groups is 1. The smallest absolute Gasteiger partial charge is 0.253 e. The van der Waals surface area contributed by atoms with Crippen LogP contribution < -0.4 is 0 Å². The first-order chi connectivity index (χ1) is 17.3. The third-order valence-electron chi connectivity index (χ3n) is 6.38. The molecule has 5 rings (SSSR count). The molecule has 0 bridgehead atoms. The van der Waals surface area contributed by atoms with Gasteiger partial charge in [-0.1, -0.05) is 35.9 Å². The minimum atomic E-state index is -3.68. The zero-order valence-electron chi connectivity index (χ0n) is 19.3. The maximum atomic E-state index is 13.2. The lowest BCUT2D eigenvalue weighted by atomic mass is 10.0. The average molecular weight is 522 g/mol. The summed E-state index contributed by atoms with van der Waals surface area (Å²) in [4.78, 5) is 19.0. The third-order valence-corrected chi connectivity index (χ3v) is 8.51. The molecular formula is C27H24ClN3O4S. The number of carbonyl (C=O) groups is 1. The van der Waals surface area contributed by atoms with Gasteiger partial charge in [-0.2, -0.15) is 4.31 Å². The van der Waals surface area contributed by atoms with Crippen LogP contribution in [0.2, 0.25) is 5.02 Å². The number of aliphatic hydroxyl groups excluding tert-OH is 1. The molecule has 184 valence electrons. The zero-order valence-corrected chi connectivity index (χ0v) is 20.9. The lowest BCUT2D eigenvalue weighted by Gasteiger charge is -2.34. The van der Waals surface area contributed by atoms with E-state index in [2.05, 4.69) is 4.98 Å². The van der Waals surface area contributed by atoms with Crippen LogP contribution in [0.4, 0.5) is 0 Å². The molecule has 0 atom stereocenters. The maximum Gasteiger partial charge on any atom is 0.253 e. The summed E-state index contributed by atoms with van der Waals surface area (Å²) in [6, 6.07) is 21.3. The number of nitrogens with zero attached hydrogens (tertiary/aromatic N) is 3. The molecule has 36 heavy (non-hydrogen) atoms. The molecule has 1 saturated heterocycles. The van der Waals surface area contributed by atoms with Gasteiger partial charge in [0.1, 0.15) is 0 Å². The Kier molecular flexibility index (Phi) is 6.77. The van der Waals surface area contributed by atoms with Crippen molar-refractivity contribution in [2.75, 3.05) is 26.2 Å². The quantitative estimate of drug-likeness (QED) is 0.425. The molecule has 9 heteroatoms. The van der Waals surface area contributed by atoms with Crippen LogP contribution in [0, 0.1) is 0 Å². The standard InChI is InChI=1S/C27H24ClN3O4S/c28-24-7-5-22-17-26(8-6-21(22)15-24)36(34,35)31-13-11-30(12-14-31)27(33)20-3-1-19(2-4-20)23-9-10-29-25(16-23)18-32/h1-10,15-17,32H,11-14,18H2. The van der Waals surface area contributed by atoms with Gasteiger partial charge in [-0.3, -0.25) is 9.78 Å². The second-order valence-electron chi connectivity index (χ2n) is 8.62. The molecule has 0 aliphatic carbocycles. The Morgan fingerprint density at radius 3 is 2.28 bits per heavy atom. The van der Waals surface area contributed by atoms with Crippen LogP contribution in [0.15, 0.2) is 83.9 Å². The number of halogens is 1.